The van der Waals surface area contributed by atoms with Crippen LogP contribution < -0.4 is 0 Å². The average Bonchev–Trinajstić information content (AvgIpc) is 3.27. The first-order chi connectivity index (χ1) is 19.3. The predicted octanol–water partition coefficient (Wildman–Crippen LogP) is 8.14. The molecule has 5 rings (SSSR count). The van der Waals surface area contributed by atoms with Crippen molar-refractivity contribution < 1.29 is 29.3 Å². The van der Waals surface area contributed by atoms with Crippen LogP contribution in [0.4, 0.5) is 0 Å². The van der Waals surface area contributed by atoms with Gasteiger partial charge in [0.25, 0.3) is 0 Å². The van der Waals surface area contributed by atoms with Gasteiger partial charge in [-0.1, -0.05) is 46.8 Å². The molecule has 5 aliphatic rings. The molecule has 6 heteroatoms. The summed E-state index contributed by atoms with van der Waals surface area (Å²) < 4.78 is 6.18. The lowest BCUT2D eigenvalue weighted by Gasteiger charge is -2.72. The first-order valence-electron chi connectivity index (χ1n) is 16.6. The summed E-state index contributed by atoms with van der Waals surface area (Å²) in [5.41, 5.74) is -0.406. The SMILES string of the molecule is C=C(C)[C@@H]1CC[C@]2(C(=O)O)CC[C@]3(C)C(CCC4[C@@]5(C)CC[C@H](OC(=O)C(C)(C)CC(=O)O)C(C)(C)C5CC[C@]43C)C12. The van der Waals surface area contributed by atoms with Crippen LogP contribution in [0.5, 0.6) is 0 Å². The molecule has 0 bridgehead atoms. The first-order valence-corrected chi connectivity index (χ1v) is 16.6. The second-order valence-corrected chi connectivity index (χ2v) is 17.4. The van der Waals surface area contributed by atoms with E-state index in [1.807, 2.05) is 0 Å². The maximum Gasteiger partial charge on any atom is 0.312 e. The van der Waals surface area contributed by atoms with Gasteiger partial charge in [0, 0.05) is 5.41 Å². The van der Waals surface area contributed by atoms with Crippen molar-refractivity contribution >= 4 is 17.9 Å². The fourth-order valence-electron chi connectivity index (χ4n) is 12.4. The Morgan fingerprint density at radius 1 is 0.833 bits per heavy atom. The van der Waals surface area contributed by atoms with Crippen LogP contribution in [-0.2, 0) is 19.1 Å². The molecule has 0 spiro atoms. The fraction of sp³-hybridized carbons (Fsp3) is 0.861. The van der Waals surface area contributed by atoms with Gasteiger partial charge in [0.1, 0.15) is 6.10 Å². The summed E-state index contributed by atoms with van der Waals surface area (Å²) in [4.78, 5) is 37.5. The zero-order valence-electron chi connectivity index (χ0n) is 27.5. The Morgan fingerprint density at radius 2 is 1.50 bits per heavy atom. The van der Waals surface area contributed by atoms with Gasteiger partial charge in [-0.3, -0.25) is 14.4 Å². The van der Waals surface area contributed by atoms with Crippen molar-refractivity contribution in [1.82, 2.24) is 0 Å². The molecule has 10 atom stereocenters. The normalized spacial score (nSPS) is 45.9. The molecule has 0 amide bonds. The molecule has 42 heavy (non-hydrogen) atoms. The van der Waals surface area contributed by atoms with Crippen LogP contribution in [0.1, 0.15) is 126 Å². The van der Waals surface area contributed by atoms with Gasteiger partial charge in [0.15, 0.2) is 0 Å². The number of hydrogen-bond donors (Lipinski definition) is 2. The van der Waals surface area contributed by atoms with Crippen molar-refractivity contribution in [3.8, 4) is 0 Å². The largest absolute Gasteiger partial charge is 0.481 e. The van der Waals surface area contributed by atoms with Gasteiger partial charge < -0.3 is 14.9 Å². The van der Waals surface area contributed by atoms with E-state index in [9.17, 15) is 24.6 Å². The van der Waals surface area contributed by atoms with Crippen LogP contribution in [0.25, 0.3) is 0 Å². The second kappa shape index (κ2) is 9.83. The highest BCUT2D eigenvalue weighted by atomic mass is 16.5. The maximum absolute atomic E-state index is 13.2. The number of allylic oxidation sites excluding steroid dienone is 1. The minimum absolute atomic E-state index is 0.0832. The molecule has 0 aromatic rings. The summed E-state index contributed by atoms with van der Waals surface area (Å²) in [5.74, 6) is -0.175. The molecule has 0 aromatic carbocycles. The molecule has 0 heterocycles. The number of carboxylic acids is 2. The Bertz CT molecular complexity index is 1170. The number of fused-ring (bicyclic) bond motifs is 7. The number of ether oxygens (including phenoxy) is 1. The van der Waals surface area contributed by atoms with Crippen molar-refractivity contribution in [3.05, 3.63) is 12.2 Å². The zero-order chi connectivity index (χ0) is 31.3. The van der Waals surface area contributed by atoms with Gasteiger partial charge in [0.2, 0.25) is 0 Å². The van der Waals surface area contributed by atoms with Crippen molar-refractivity contribution in [2.75, 3.05) is 0 Å². The lowest BCUT2D eigenvalue weighted by molar-refractivity contribution is -0.251. The Kier molecular flexibility index (Phi) is 7.39. The molecule has 0 aromatic heterocycles. The number of rotatable bonds is 6. The van der Waals surface area contributed by atoms with E-state index >= 15 is 0 Å². The second-order valence-electron chi connectivity index (χ2n) is 17.4. The summed E-state index contributed by atoms with van der Waals surface area (Å²) in [5, 5.41) is 19.9. The van der Waals surface area contributed by atoms with E-state index < -0.39 is 28.7 Å². The molecule has 6 nitrogen and oxygen atoms in total. The number of carboxylic acid groups (broad SMARTS) is 2. The molecule has 5 fully saturated rings. The van der Waals surface area contributed by atoms with E-state index in [2.05, 4.69) is 48.1 Å². The summed E-state index contributed by atoms with van der Waals surface area (Å²) in [6.07, 6.45) is 9.24. The van der Waals surface area contributed by atoms with Gasteiger partial charge >= 0.3 is 17.9 Å². The minimum atomic E-state index is -1.06. The smallest absolute Gasteiger partial charge is 0.312 e. The number of esters is 1. The third-order valence-corrected chi connectivity index (χ3v) is 14.8. The van der Waals surface area contributed by atoms with Gasteiger partial charge in [0.05, 0.1) is 17.3 Å². The summed E-state index contributed by atoms with van der Waals surface area (Å²) in [6, 6.07) is 0. The van der Waals surface area contributed by atoms with Crippen LogP contribution >= 0.6 is 0 Å². The molecule has 5 aliphatic carbocycles. The van der Waals surface area contributed by atoms with E-state index in [4.69, 9.17) is 4.74 Å². The highest BCUT2D eigenvalue weighted by molar-refractivity contribution is 5.82. The van der Waals surface area contributed by atoms with Crippen molar-refractivity contribution in [1.29, 1.82) is 0 Å². The Balaban J connectivity index is 1.44. The molecule has 0 radical (unpaired) electrons. The topological polar surface area (TPSA) is 101 Å². The first kappa shape index (κ1) is 31.6. The van der Waals surface area contributed by atoms with Crippen LogP contribution in [0.2, 0.25) is 0 Å². The van der Waals surface area contributed by atoms with Gasteiger partial charge in [-0.25, -0.2) is 0 Å². The van der Waals surface area contributed by atoms with Crippen molar-refractivity contribution in [2.45, 2.75) is 132 Å². The average molecular weight is 585 g/mol. The van der Waals surface area contributed by atoms with E-state index in [1.54, 1.807) is 13.8 Å². The van der Waals surface area contributed by atoms with Gasteiger partial charge in [-0.2, -0.15) is 0 Å². The zero-order valence-corrected chi connectivity index (χ0v) is 27.5. The van der Waals surface area contributed by atoms with Crippen LogP contribution in [0, 0.1) is 62.1 Å². The summed E-state index contributed by atoms with van der Waals surface area (Å²) >= 11 is 0. The Labute approximate surface area is 253 Å². The van der Waals surface area contributed by atoms with Gasteiger partial charge in [-0.05, 0) is 131 Å². The summed E-state index contributed by atoms with van der Waals surface area (Å²) in [6.45, 7) is 21.9. The highest BCUT2D eigenvalue weighted by Crippen LogP contribution is 2.77. The summed E-state index contributed by atoms with van der Waals surface area (Å²) in [7, 11) is 0. The molecule has 5 saturated carbocycles. The standard InChI is InChI=1S/C36H56O6/c1-21(2)22-12-17-36(29(39)40)19-18-34(8)23(28(22)36)10-11-25-33(7)15-14-26(42-30(41)31(3,4)20-27(37)38)32(5,6)24(33)13-16-35(25,34)9/h22-26,28H,1,10-20H2,2-9H3,(H,37,38)(H,39,40)/t22-,23?,24?,25?,26-,28?,33-,34+,35+,36-/m0/s1. The number of carbonyl (C=O) groups excluding carboxylic acids is 1. The molecule has 4 unspecified atom stereocenters. The molecular formula is C36H56O6. The fourth-order valence-corrected chi connectivity index (χ4v) is 12.4. The Hall–Kier alpha value is -1.85. The molecule has 236 valence electrons. The molecular weight excluding hydrogens is 528 g/mol. The molecule has 0 aliphatic heterocycles. The van der Waals surface area contributed by atoms with Crippen LogP contribution in [0.3, 0.4) is 0 Å². The van der Waals surface area contributed by atoms with E-state index in [1.165, 1.54) is 0 Å². The lowest BCUT2D eigenvalue weighted by atomic mass is 9.32. The predicted molar refractivity (Wildman–Crippen MR) is 163 cm³/mol. The van der Waals surface area contributed by atoms with Crippen molar-refractivity contribution in [2.24, 2.45) is 62.1 Å². The van der Waals surface area contributed by atoms with Crippen LogP contribution in [-0.4, -0.2) is 34.2 Å². The number of aliphatic carboxylic acids is 2. The van der Waals surface area contributed by atoms with E-state index in [0.29, 0.717) is 23.7 Å². The third-order valence-electron chi connectivity index (χ3n) is 14.8. The third kappa shape index (κ3) is 4.19. The quantitative estimate of drug-likeness (QED) is 0.241. The molecule has 0 saturated heterocycles. The van der Waals surface area contributed by atoms with E-state index in [-0.39, 0.29) is 40.1 Å². The maximum atomic E-state index is 13.2. The molecule has 2 N–H and O–H groups in total. The van der Waals surface area contributed by atoms with Crippen molar-refractivity contribution in [3.63, 3.8) is 0 Å². The van der Waals surface area contributed by atoms with Gasteiger partial charge in [-0.15, -0.1) is 0 Å². The van der Waals surface area contributed by atoms with E-state index in [0.717, 1.165) is 69.8 Å². The highest BCUT2D eigenvalue weighted by Gasteiger charge is 2.72. The number of hydrogen-bond acceptors (Lipinski definition) is 4. The minimum Gasteiger partial charge on any atom is -0.481 e. The Morgan fingerprint density at radius 3 is 2.10 bits per heavy atom. The lowest BCUT2D eigenvalue weighted by Crippen LogP contribution is -2.67. The van der Waals surface area contributed by atoms with Crippen LogP contribution in [0.15, 0.2) is 12.2 Å². The monoisotopic (exact) mass is 584 g/mol. The number of carbonyl (C=O) groups is 3.